The van der Waals surface area contributed by atoms with Crippen molar-refractivity contribution in [2.45, 2.75) is 32.2 Å². The van der Waals surface area contributed by atoms with Crippen molar-refractivity contribution in [1.29, 1.82) is 0 Å². The molecule has 0 aliphatic heterocycles. The lowest BCUT2D eigenvalue weighted by molar-refractivity contribution is -0.121. The van der Waals surface area contributed by atoms with Gasteiger partial charge in [-0.2, -0.15) is 0 Å². The summed E-state index contributed by atoms with van der Waals surface area (Å²) >= 11 is 6.09. The quantitative estimate of drug-likeness (QED) is 0.804. The summed E-state index contributed by atoms with van der Waals surface area (Å²) in [6, 6.07) is 9.52. The Bertz CT molecular complexity index is 337. The Kier molecular flexibility index (Phi) is 4.81. The number of rotatable bonds is 4. The zero-order valence-corrected chi connectivity index (χ0v) is 10.7. The third-order valence-electron chi connectivity index (χ3n) is 2.69. The normalized spacial score (nSPS) is 14.6. The van der Waals surface area contributed by atoms with E-state index in [0.29, 0.717) is 5.92 Å². The number of benzene rings is 1. The van der Waals surface area contributed by atoms with E-state index in [2.05, 4.69) is 19.2 Å². The van der Waals surface area contributed by atoms with Gasteiger partial charge in [0, 0.05) is 6.04 Å². The Morgan fingerprint density at radius 1 is 1.19 bits per heavy atom. The van der Waals surface area contributed by atoms with Gasteiger partial charge in [-0.1, -0.05) is 44.2 Å². The predicted octanol–water partition coefficient (Wildman–Crippen LogP) is 3.13. The zero-order chi connectivity index (χ0) is 12.1. The molecule has 16 heavy (non-hydrogen) atoms. The van der Waals surface area contributed by atoms with E-state index in [9.17, 15) is 4.79 Å². The van der Waals surface area contributed by atoms with E-state index in [1.807, 2.05) is 37.3 Å². The van der Waals surface area contributed by atoms with Crippen molar-refractivity contribution in [2.75, 3.05) is 0 Å². The van der Waals surface area contributed by atoms with Gasteiger partial charge in [-0.25, -0.2) is 0 Å². The van der Waals surface area contributed by atoms with Crippen LogP contribution in [0.1, 0.15) is 31.7 Å². The van der Waals surface area contributed by atoms with Gasteiger partial charge >= 0.3 is 0 Å². The van der Waals surface area contributed by atoms with E-state index in [-0.39, 0.29) is 11.9 Å². The first kappa shape index (κ1) is 13.0. The highest BCUT2D eigenvalue weighted by Crippen LogP contribution is 2.20. The van der Waals surface area contributed by atoms with Gasteiger partial charge in [0.1, 0.15) is 5.38 Å². The molecule has 2 nitrogen and oxygen atoms in total. The summed E-state index contributed by atoms with van der Waals surface area (Å²) in [6.45, 7) is 6.12. The fourth-order valence-corrected chi connectivity index (χ4v) is 1.45. The summed E-state index contributed by atoms with van der Waals surface area (Å²) in [7, 11) is 0. The average Bonchev–Trinajstić information content (AvgIpc) is 2.28. The fraction of sp³-hybridized carbons (Fsp3) is 0.462. The second-order valence-electron chi connectivity index (χ2n) is 4.31. The Hall–Kier alpha value is -1.02. The number of carbonyl (C=O) groups excluding carboxylic acids is 1. The third-order valence-corrected chi connectivity index (χ3v) is 3.14. The Labute approximate surface area is 102 Å². The monoisotopic (exact) mass is 239 g/mol. The highest BCUT2D eigenvalue weighted by atomic mass is 35.5. The Morgan fingerprint density at radius 3 is 2.25 bits per heavy atom. The van der Waals surface area contributed by atoms with Crippen LogP contribution in [0.4, 0.5) is 0 Å². The van der Waals surface area contributed by atoms with Crippen LogP contribution in [0.25, 0.3) is 0 Å². The molecule has 0 aromatic heterocycles. The van der Waals surface area contributed by atoms with E-state index >= 15 is 0 Å². The molecular formula is C13H18ClNO. The molecule has 1 amide bonds. The number of hydrogen-bond acceptors (Lipinski definition) is 1. The first-order valence-electron chi connectivity index (χ1n) is 5.51. The molecule has 0 radical (unpaired) electrons. The summed E-state index contributed by atoms with van der Waals surface area (Å²) in [6.07, 6.45) is 0. The second kappa shape index (κ2) is 5.90. The van der Waals surface area contributed by atoms with Crippen LogP contribution in [0.2, 0.25) is 0 Å². The van der Waals surface area contributed by atoms with Crippen molar-refractivity contribution in [3.8, 4) is 0 Å². The second-order valence-corrected chi connectivity index (χ2v) is 4.75. The van der Waals surface area contributed by atoms with Gasteiger partial charge in [0.05, 0.1) is 0 Å². The lowest BCUT2D eigenvalue weighted by Gasteiger charge is -2.19. The van der Waals surface area contributed by atoms with E-state index in [1.54, 1.807) is 0 Å². The molecule has 0 aliphatic rings. The topological polar surface area (TPSA) is 29.1 Å². The summed E-state index contributed by atoms with van der Waals surface area (Å²) in [5.41, 5.74) is 0.831. The van der Waals surface area contributed by atoms with Crippen LogP contribution in [-0.2, 0) is 4.79 Å². The standard InChI is InChI=1S/C13H18ClNO/c1-9(2)10(3)15-13(16)12(14)11-7-5-4-6-8-11/h4-10,12H,1-3H3,(H,15,16). The first-order chi connectivity index (χ1) is 7.52. The van der Waals surface area contributed by atoms with Crippen LogP contribution < -0.4 is 5.32 Å². The van der Waals surface area contributed by atoms with Gasteiger partial charge in [-0.3, -0.25) is 4.79 Å². The molecule has 1 aromatic rings. The number of carbonyl (C=O) groups is 1. The molecule has 1 rings (SSSR count). The van der Waals surface area contributed by atoms with Gasteiger partial charge in [-0.15, -0.1) is 11.6 Å². The molecule has 1 aromatic carbocycles. The SMILES string of the molecule is CC(C)C(C)NC(=O)C(Cl)c1ccccc1. The third kappa shape index (κ3) is 3.53. The zero-order valence-electron chi connectivity index (χ0n) is 9.91. The molecular weight excluding hydrogens is 222 g/mol. The molecule has 0 bridgehead atoms. The van der Waals surface area contributed by atoms with Crippen molar-refractivity contribution in [2.24, 2.45) is 5.92 Å². The minimum Gasteiger partial charge on any atom is -0.352 e. The molecule has 88 valence electrons. The van der Waals surface area contributed by atoms with Crippen molar-refractivity contribution in [3.63, 3.8) is 0 Å². The van der Waals surface area contributed by atoms with Crippen LogP contribution in [0.5, 0.6) is 0 Å². The van der Waals surface area contributed by atoms with E-state index in [1.165, 1.54) is 0 Å². The maximum absolute atomic E-state index is 11.8. The van der Waals surface area contributed by atoms with Crippen LogP contribution in [-0.4, -0.2) is 11.9 Å². The van der Waals surface area contributed by atoms with Crippen LogP contribution in [0, 0.1) is 5.92 Å². The molecule has 3 heteroatoms. The lowest BCUT2D eigenvalue weighted by Crippen LogP contribution is -2.37. The van der Waals surface area contributed by atoms with E-state index in [4.69, 9.17) is 11.6 Å². The van der Waals surface area contributed by atoms with E-state index in [0.717, 1.165) is 5.56 Å². The molecule has 0 saturated carbocycles. The molecule has 0 aliphatic carbocycles. The van der Waals surface area contributed by atoms with Gasteiger partial charge in [0.15, 0.2) is 0 Å². The lowest BCUT2D eigenvalue weighted by atomic mass is 10.1. The smallest absolute Gasteiger partial charge is 0.242 e. The van der Waals surface area contributed by atoms with Crippen molar-refractivity contribution in [1.82, 2.24) is 5.32 Å². The molecule has 2 atom stereocenters. The largest absolute Gasteiger partial charge is 0.352 e. The summed E-state index contributed by atoms with van der Waals surface area (Å²) < 4.78 is 0. The van der Waals surface area contributed by atoms with Gasteiger partial charge in [0.2, 0.25) is 5.91 Å². The number of halogens is 1. The van der Waals surface area contributed by atoms with Gasteiger partial charge in [0.25, 0.3) is 0 Å². The number of hydrogen-bond donors (Lipinski definition) is 1. The Balaban J connectivity index is 2.62. The van der Waals surface area contributed by atoms with E-state index < -0.39 is 5.38 Å². The predicted molar refractivity (Wildman–Crippen MR) is 67.5 cm³/mol. The number of alkyl halides is 1. The highest BCUT2D eigenvalue weighted by molar-refractivity contribution is 6.30. The molecule has 0 saturated heterocycles. The minimum absolute atomic E-state index is 0.130. The van der Waals surface area contributed by atoms with Crippen LogP contribution in [0.15, 0.2) is 30.3 Å². The van der Waals surface area contributed by atoms with Gasteiger partial charge in [-0.05, 0) is 18.4 Å². The van der Waals surface area contributed by atoms with Crippen molar-refractivity contribution in [3.05, 3.63) is 35.9 Å². The Morgan fingerprint density at radius 2 is 1.75 bits per heavy atom. The number of amides is 1. The molecule has 0 fully saturated rings. The first-order valence-corrected chi connectivity index (χ1v) is 5.95. The molecule has 0 heterocycles. The molecule has 2 unspecified atom stereocenters. The summed E-state index contributed by atoms with van der Waals surface area (Å²) in [5.74, 6) is 0.276. The molecule has 0 spiro atoms. The maximum atomic E-state index is 11.8. The van der Waals surface area contributed by atoms with Crippen molar-refractivity contribution >= 4 is 17.5 Å². The number of nitrogens with one attached hydrogen (secondary N) is 1. The highest BCUT2D eigenvalue weighted by Gasteiger charge is 2.19. The minimum atomic E-state index is -0.609. The summed E-state index contributed by atoms with van der Waals surface area (Å²) in [4.78, 5) is 11.8. The van der Waals surface area contributed by atoms with Crippen LogP contribution in [0.3, 0.4) is 0 Å². The van der Waals surface area contributed by atoms with Crippen molar-refractivity contribution < 1.29 is 4.79 Å². The molecule has 1 N–H and O–H groups in total. The summed E-state index contributed by atoms with van der Waals surface area (Å²) in [5, 5.41) is 2.30. The van der Waals surface area contributed by atoms with Gasteiger partial charge < -0.3 is 5.32 Å². The fourth-order valence-electron chi connectivity index (χ4n) is 1.24. The average molecular weight is 240 g/mol. The van der Waals surface area contributed by atoms with Crippen LogP contribution >= 0.6 is 11.6 Å². The maximum Gasteiger partial charge on any atom is 0.242 e.